The quantitative estimate of drug-likeness (QED) is 0.0836. The van der Waals surface area contributed by atoms with E-state index in [1.165, 1.54) is 41.7 Å². The van der Waals surface area contributed by atoms with E-state index in [4.69, 9.17) is 4.74 Å². The van der Waals surface area contributed by atoms with Gasteiger partial charge in [0.15, 0.2) is 15.0 Å². The van der Waals surface area contributed by atoms with Crippen molar-refractivity contribution in [3.8, 4) is 5.75 Å². The van der Waals surface area contributed by atoms with E-state index in [0.29, 0.717) is 16.6 Å². The Morgan fingerprint density at radius 1 is 0.653 bits per heavy atom. The Morgan fingerprint density at radius 2 is 1.06 bits per heavy atom. The van der Waals surface area contributed by atoms with Gasteiger partial charge >= 0.3 is 53.1 Å². The summed E-state index contributed by atoms with van der Waals surface area (Å²) < 4.78 is 254. The van der Waals surface area contributed by atoms with Crippen LogP contribution in [0.25, 0.3) is 10.8 Å². The van der Waals surface area contributed by atoms with Crippen LogP contribution in [0.1, 0.15) is 12.8 Å². The first-order valence-corrected chi connectivity index (χ1v) is 15.4. The maximum atomic E-state index is 13.0. The molecule has 0 radical (unpaired) electrons. The van der Waals surface area contributed by atoms with Gasteiger partial charge in [-0.2, -0.15) is 74.6 Å². The summed E-state index contributed by atoms with van der Waals surface area (Å²) in [4.78, 5) is 12.7. The molecule has 1 aliphatic rings. The van der Waals surface area contributed by atoms with E-state index >= 15 is 0 Å². The Labute approximate surface area is 265 Å². The third-order valence-corrected chi connectivity index (χ3v) is 9.98. The van der Waals surface area contributed by atoms with Crippen molar-refractivity contribution in [1.82, 2.24) is 0 Å². The summed E-state index contributed by atoms with van der Waals surface area (Å²) in [6, 6.07) is 12.1. The molecule has 0 N–H and O–H groups in total. The highest BCUT2D eigenvalue weighted by Gasteiger charge is 2.95. The monoisotopic (exact) mass is 788 g/mol. The third kappa shape index (κ3) is 6.89. The molecule has 0 atom stereocenters. The fourth-order valence-electron chi connectivity index (χ4n) is 3.90. The molecule has 0 spiro atoms. The summed E-state index contributed by atoms with van der Waals surface area (Å²) in [6.07, 6.45) is -5.93. The summed E-state index contributed by atoms with van der Waals surface area (Å²) in [7, 11) is -6.48. The van der Waals surface area contributed by atoms with Gasteiger partial charge in [-0.1, -0.05) is 18.2 Å². The number of carbonyl (C=O) groups is 1. The summed E-state index contributed by atoms with van der Waals surface area (Å²) in [5, 5.41) is -5.78. The largest absolute Gasteiger partial charge is 0.743 e. The standard InChI is InChI=1S/C16H17O3S.C8HF17O3S/c1-18-16(17)19-14-8-9-15(20-10-4-5-11-20)13-7-3-2-6-12(13)14;9-1(10,3(13,14)5(17,18)7(21,22)23)2(11,12)4(15,16)6(19,20)8(24,25)29(26,27)28/h2-3,6-9H,4-5,10-11H2,1H3;(H,26,27,28)/q+1;/p-1. The van der Waals surface area contributed by atoms with Gasteiger partial charge in [0.05, 0.1) is 7.11 Å². The van der Waals surface area contributed by atoms with Crippen LogP contribution in [0, 0.1) is 0 Å². The molecule has 0 saturated carbocycles. The lowest BCUT2D eigenvalue weighted by Gasteiger charge is -2.42. The van der Waals surface area contributed by atoms with Crippen molar-refractivity contribution in [3.63, 3.8) is 0 Å². The van der Waals surface area contributed by atoms with E-state index in [-0.39, 0.29) is 0 Å². The number of benzene rings is 2. The number of fused-ring (bicyclic) bond motifs is 1. The second-order valence-electron chi connectivity index (χ2n) is 9.69. The van der Waals surface area contributed by atoms with E-state index in [1.54, 1.807) is 0 Å². The fraction of sp³-hybridized carbons (Fsp3) is 0.542. The van der Waals surface area contributed by atoms with E-state index in [2.05, 4.69) is 16.9 Å². The summed E-state index contributed by atoms with van der Waals surface area (Å²) in [5.41, 5.74) is 0. The first-order chi connectivity index (χ1) is 21.8. The number of hydrogen-bond donors (Lipinski definition) is 0. The highest BCUT2D eigenvalue weighted by atomic mass is 32.2. The molecule has 0 amide bonds. The van der Waals surface area contributed by atoms with Gasteiger partial charge in [0.1, 0.15) is 17.3 Å². The van der Waals surface area contributed by atoms with Gasteiger partial charge in [0.25, 0.3) is 0 Å². The molecule has 0 aliphatic carbocycles. The normalized spacial score (nSPS) is 16.3. The van der Waals surface area contributed by atoms with Crippen LogP contribution >= 0.6 is 0 Å². The van der Waals surface area contributed by atoms with Crippen molar-refractivity contribution in [1.29, 1.82) is 0 Å². The Hall–Kier alpha value is -2.96. The smallest absolute Gasteiger partial charge is 0.513 e. The Balaban J connectivity index is 0.000000360. The van der Waals surface area contributed by atoms with E-state index < -0.39 is 63.2 Å². The van der Waals surface area contributed by atoms with Crippen LogP contribution in [0.3, 0.4) is 0 Å². The summed E-state index contributed by atoms with van der Waals surface area (Å²) in [6.45, 7) is 0. The van der Waals surface area contributed by atoms with Crippen molar-refractivity contribution < 1.29 is 102 Å². The molecule has 25 heteroatoms. The van der Waals surface area contributed by atoms with Crippen LogP contribution in [0.2, 0.25) is 0 Å². The minimum atomic E-state index is -8.92. The molecule has 0 bridgehead atoms. The molecule has 2 aromatic rings. The Kier molecular flexibility index (Phi) is 11.5. The number of rotatable bonds is 9. The van der Waals surface area contributed by atoms with Crippen LogP contribution in [-0.2, 0) is 25.7 Å². The van der Waals surface area contributed by atoms with Gasteiger partial charge in [-0.3, -0.25) is 0 Å². The molecule has 0 unspecified atom stereocenters. The lowest BCUT2D eigenvalue weighted by molar-refractivity contribution is -0.458. The van der Waals surface area contributed by atoms with Crippen LogP contribution < -0.4 is 4.74 Å². The average molecular weight is 788 g/mol. The molecular weight excluding hydrogens is 771 g/mol. The van der Waals surface area contributed by atoms with Gasteiger partial charge in [-0.25, -0.2) is 13.2 Å². The van der Waals surface area contributed by atoms with Crippen molar-refractivity contribution in [2.75, 3.05) is 18.6 Å². The summed E-state index contributed by atoms with van der Waals surface area (Å²) >= 11 is 0. The second-order valence-corrected chi connectivity index (χ2v) is 13.3. The van der Waals surface area contributed by atoms with Crippen molar-refractivity contribution >= 4 is 37.9 Å². The number of halogens is 17. The molecule has 3 rings (SSSR count). The van der Waals surface area contributed by atoms with E-state index in [9.17, 15) is 92.4 Å². The number of hydrogen-bond acceptors (Lipinski definition) is 6. The van der Waals surface area contributed by atoms with Crippen molar-refractivity contribution in [2.24, 2.45) is 0 Å². The third-order valence-electron chi connectivity index (χ3n) is 6.55. The minimum absolute atomic E-state index is 0.340. The van der Waals surface area contributed by atoms with Crippen molar-refractivity contribution in [2.45, 2.75) is 64.7 Å². The van der Waals surface area contributed by atoms with Crippen LogP contribution in [0.4, 0.5) is 79.4 Å². The molecule has 49 heavy (non-hydrogen) atoms. The van der Waals surface area contributed by atoms with Crippen LogP contribution in [0.15, 0.2) is 41.3 Å². The van der Waals surface area contributed by atoms with Gasteiger partial charge in [-0.15, -0.1) is 0 Å². The molecule has 1 fully saturated rings. The van der Waals surface area contributed by atoms with Crippen molar-refractivity contribution in [3.05, 3.63) is 36.4 Å². The molecule has 0 aromatic heterocycles. The maximum Gasteiger partial charge on any atom is 0.513 e. The molecule has 1 aliphatic heterocycles. The predicted molar refractivity (Wildman–Crippen MR) is 132 cm³/mol. The lowest BCUT2D eigenvalue weighted by Crippen LogP contribution is -2.75. The lowest BCUT2D eigenvalue weighted by atomic mass is 9.91. The molecular formula is C24H17F17O6S2. The van der Waals surface area contributed by atoms with Crippen LogP contribution in [-0.4, -0.2) is 84.7 Å². The van der Waals surface area contributed by atoms with Gasteiger partial charge < -0.3 is 14.0 Å². The number of alkyl halides is 17. The zero-order valence-electron chi connectivity index (χ0n) is 23.5. The fourth-order valence-corrected chi connectivity index (χ4v) is 6.84. The zero-order valence-corrected chi connectivity index (χ0v) is 25.1. The number of methoxy groups -OCH3 is 1. The first kappa shape index (κ1) is 42.2. The highest BCUT2D eigenvalue weighted by molar-refractivity contribution is 7.97. The molecule has 2 aromatic carbocycles. The van der Waals surface area contributed by atoms with Gasteiger partial charge in [0.2, 0.25) is 0 Å². The minimum Gasteiger partial charge on any atom is -0.743 e. The second kappa shape index (κ2) is 13.3. The molecule has 6 nitrogen and oxygen atoms in total. The predicted octanol–water partition coefficient (Wildman–Crippen LogP) is 8.25. The first-order valence-electron chi connectivity index (χ1n) is 12.4. The Morgan fingerprint density at radius 3 is 1.47 bits per heavy atom. The summed E-state index contributed by atoms with van der Waals surface area (Å²) in [5.74, 6) is -49.0. The van der Waals surface area contributed by atoms with Gasteiger partial charge in [-0.05, 0) is 31.0 Å². The van der Waals surface area contributed by atoms with E-state index in [0.717, 1.165) is 5.39 Å². The maximum absolute atomic E-state index is 13.0. The number of ether oxygens (including phenoxy) is 2. The van der Waals surface area contributed by atoms with E-state index in [1.807, 2.05) is 24.3 Å². The zero-order chi connectivity index (χ0) is 38.4. The van der Waals surface area contributed by atoms with Gasteiger partial charge in [0, 0.05) is 21.7 Å². The SMILES string of the molecule is COC(=O)Oc1ccc([S+]2CCCC2)c2ccccc12.O=S(=O)([O-])C(F)(F)C(F)(F)C(F)(F)C(F)(F)C(F)(F)C(F)(F)C(F)(F)C(F)(F)F. The van der Waals surface area contributed by atoms with Crippen LogP contribution in [0.5, 0.6) is 5.75 Å². The highest BCUT2D eigenvalue weighted by Crippen LogP contribution is 2.64. The number of carbonyl (C=O) groups excluding carboxylic acids is 1. The molecule has 1 heterocycles. The topological polar surface area (TPSA) is 92.7 Å². The molecule has 1 saturated heterocycles. The average Bonchev–Trinajstić information content (AvgIpc) is 3.50. The molecule has 280 valence electrons. The Bertz CT molecular complexity index is 1620.